The van der Waals surface area contributed by atoms with E-state index in [0.29, 0.717) is 18.4 Å². The zero-order valence-corrected chi connectivity index (χ0v) is 11.6. The van der Waals surface area contributed by atoms with Gasteiger partial charge >= 0.3 is 0 Å². The van der Waals surface area contributed by atoms with E-state index in [-0.39, 0.29) is 17.9 Å². The van der Waals surface area contributed by atoms with Crippen LogP contribution in [0.4, 0.5) is 0 Å². The molecule has 3 heterocycles. The molecule has 0 aromatic carbocycles. The van der Waals surface area contributed by atoms with Gasteiger partial charge in [-0.05, 0) is 44.7 Å². The quantitative estimate of drug-likeness (QED) is 0.725. The van der Waals surface area contributed by atoms with Gasteiger partial charge in [0.1, 0.15) is 0 Å². The normalized spacial score (nSPS) is 37.3. The Morgan fingerprint density at radius 1 is 1.21 bits per heavy atom. The Morgan fingerprint density at radius 2 is 2.05 bits per heavy atom. The first-order chi connectivity index (χ1) is 9.16. The van der Waals surface area contributed by atoms with Gasteiger partial charge in [0.25, 0.3) is 0 Å². The number of hydrogen-bond acceptors (Lipinski definition) is 4. The number of imide groups is 1. The van der Waals surface area contributed by atoms with Crippen molar-refractivity contribution in [1.82, 2.24) is 15.1 Å². The molecular weight excluding hydrogens is 242 g/mol. The van der Waals surface area contributed by atoms with E-state index in [1.165, 1.54) is 24.2 Å². The van der Waals surface area contributed by atoms with E-state index in [1.807, 2.05) is 0 Å². The van der Waals surface area contributed by atoms with E-state index >= 15 is 0 Å². The van der Waals surface area contributed by atoms with Crippen molar-refractivity contribution in [1.29, 1.82) is 0 Å². The number of rotatable bonds is 2. The molecule has 2 amide bonds. The van der Waals surface area contributed by atoms with Crippen LogP contribution in [0.15, 0.2) is 0 Å². The van der Waals surface area contributed by atoms with Crippen LogP contribution in [-0.4, -0.2) is 60.4 Å². The molecule has 0 aliphatic carbocycles. The second-order valence-electron chi connectivity index (χ2n) is 6.11. The number of likely N-dealkylation sites (tertiary alicyclic amines) is 2. The molecule has 0 aromatic rings. The van der Waals surface area contributed by atoms with Crippen LogP contribution in [0.2, 0.25) is 0 Å². The second-order valence-corrected chi connectivity index (χ2v) is 6.11. The van der Waals surface area contributed by atoms with Crippen LogP contribution in [0.1, 0.15) is 32.1 Å². The van der Waals surface area contributed by atoms with Crippen molar-refractivity contribution < 1.29 is 9.59 Å². The van der Waals surface area contributed by atoms with Crippen molar-refractivity contribution in [2.45, 2.75) is 44.2 Å². The van der Waals surface area contributed by atoms with Crippen LogP contribution in [0, 0.1) is 5.92 Å². The molecule has 0 spiro atoms. The lowest BCUT2D eigenvalue weighted by molar-refractivity contribution is -0.138. The van der Waals surface area contributed by atoms with Gasteiger partial charge in [-0.25, -0.2) is 0 Å². The van der Waals surface area contributed by atoms with Crippen LogP contribution in [0.25, 0.3) is 0 Å². The fourth-order valence-corrected chi connectivity index (χ4v) is 3.79. The highest BCUT2D eigenvalue weighted by molar-refractivity contribution is 6.05. The summed E-state index contributed by atoms with van der Waals surface area (Å²) in [6.45, 7) is 3.06. The number of likely N-dealkylation sites (N-methyl/N-ethyl adjacent to an activating group) is 1. The highest BCUT2D eigenvalue weighted by Crippen LogP contribution is 2.28. The van der Waals surface area contributed by atoms with Gasteiger partial charge in [0.2, 0.25) is 11.8 Å². The minimum absolute atomic E-state index is 0.00923. The first-order valence-corrected chi connectivity index (χ1v) is 7.44. The standard InChI is InChI=1S/C14H23N3O2/c1-16-13(18)8-12(14(16)19)17-7-3-4-10(9-17)11-5-2-6-15-11/h10-12,15H,2-9H2,1H3. The summed E-state index contributed by atoms with van der Waals surface area (Å²) in [5, 5.41) is 3.58. The lowest BCUT2D eigenvalue weighted by Gasteiger charge is -2.38. The first kappa shape index (κ1) is 13.1. The topological polar surface area (TPSA) is 52.7 Å². The lowest BCUT2D eigenvalue weighted by Crippen LogP contribution is -2.49. The largest absolute Gasteiger partial charge is 0.314 e. The number of carbonyl (C=O) groups excluding carboxylic acids is 2. The minimum atomic E-state index is -0.193. The Bertz CT molecular complexity index is 379. The van der Waals surface area contributed by atoms with Crippen molar-refractivity contribution in [2.24, 2.45) is 5.92 Å². The summed E-state index contributed by atoms with van der Waals surface area (Å²) in [6.07, 6.45) is 5.30. The van der Waals surface area contributed by atoms with Crippen molar-refractivity contribution in [3.63, 3.8) is 0 Å². The summed E-state index contributed by atoms with van der Waals surface area (Å²) < 4.78 is 0. The second kappa shape index (κ2) is 5.21. The third kappa shape index (κ3) is 2.41. The van der Waals surface area contributed by atoms with Crippen LogP contribution in [0.3, 0.4) is 0 Å². The summed E-state index contributed by atoms with van der Waals surface area (Å²) in [6, 6.07) is 0.425. The van der Waals surface area contributed by atoms with Crippen LogP contribution in [0.5, 0.6) is 0 Å². The number of nitrogens with zero attached hydrogens (tertiary/aromatic N) is 2. The van der Waals surface area contributed by atoms with E-state index in [1.54, 1.807) is 7.05 Å². The van der Waals surface area contributed by atoms with Gasteiger partial charge in [-0.1, -0.05) is 0 Å². The fraction of sp³-hybridized carbons (Fsp3) is 0.857. The Labute approximate surface area is 114 Å². The molecule has 3 aliphatic rings. The van der Waals surface area contributed by atoms with E-state index in [2.05, 4.69) is 10.2 Å². The summed E-state index contributed by atoms with van der Waals surface area (Å²) in [5.74, 6) is 0.603. The van der Waals surface area contributed by atoms with E-state index in [9.17, 15) is 9.59 Å². The molecule has 3 saturated heterocycles. The number of nitrogens with one attached hydrogen (secondary N) is 1. The van der Waals surface area contributed by atoms with E-state index in [0.717, 1.165) is 26.1 Å². The van der Waals surface area contributed by atoms with Gasteiger partial charge in [0.15, 0.2) is 0 Å². The molecule has 3 fully saturated rings. The molecule has 0 aromatic heterocycles. The van der Waals surface area contributed by atoms with Gasteiger partial charge < -0.3 is 5.32 Å². The molecule has 106 valence electrons. The zero-order chi connectivity index (χ0) is 13.4. The lowest BCUT2D eigenvalue weighted by atomic mass is 9.89. The summed E-state index contributed by atoms with van der Waals surface area (Å²) >= 11 is 0. The predicted octanol–water partition coefficient (Wildman–Crippen LogP) is 0.208. The molecule has 3 rings (SSSR count). The fourth-order valence-electron chi connectivity index (χ4n) is 3.79. The summed E-state index contributed by atoms with van der Waals surface area (Å²) in [7, 11) is 1.60. The van der Waals surface area contributed by atoms with Gasteiger partial charge in [-0.3, -0.25) is 19.4 Å². The van der Waals surface area contributed by atoms with Crippen molar-refractivity contribution >= 4 is 11.8 Å². The smallest absolute Gasteiger partial charge is 0.246 e. The third-order valence-corrected chi connectivity index (χ3v) is 4.96. The molecule has 5 heteroatoms. The Morgan fingerprint density at radius 3 is 2.68 bits per heavy atom. The SMILES string of the molecule is CN1C(=O)CC(N2CCCC(C3CCCN3)C2)C1=O. The maximum absolute atomic E-state index is 12.1. The third-order valence-electron chi connectivity index (χ3n) is 4.96. The van der Waals surface area contributed by atoms with Crippen molar-refractivity contribution in [2.75, 3.05) is 26.7 Å². The van der Waals surface area contributed by atoms with Crippen molar-refractivity contribution in [3.05, 3.63) is 0 Å². The van der Waals surface area contributed by atoms with E-state index < -0.39 is 0 Å². The molecule has 5 nitrogen and oxygen atoms in total. The van der Waals surface area contributed by atoms with Gasteiger partial charge in [0, 0.05) is 19.6 Å². The van der Waals surface area contributed by atoms with Gasteiger partial charge in [-0.15, -0.1) is 0 Å². The molecule has 19 heavy (non-hydrogen) atoms. The molecule has 3 unspecified atom stereocenters. The Balaban J connectivity index is 1.65. The maximum Gasteiger partial charge on any atom is 0.246 e. The molecule has 0 radical (unpaired) electrons. The number of amides is 2. The average molecular weight is 265 g/mol. The predicted molar refractivity (Wildman–Crippen MR) is 71.5 cm³/mol. The molecule has 1 N–H and O–H groups in total. The molecule has 3 aliphatic heterocycles. The van der Waals surface area contributed by atoms with Crippen molar-refractivity contribution in [3.8, 4) is 0 Å². The zero-order valence-electron chi connectivity index (χ0n) is 11.6. The highest BCUT2D eigenvalue weighted by Gasteiger charge is 2.42. The average Bonchev–Trinajstić information content (AvgIpc) is 3.04. The number of piperidine rings is 1. The first-order valence-electron chi connectivity index (χ1n) is 7.44. The maximum atomic E-state index is 12.1. The van der Waals surface area contributed by atoms with E-state index in [4.69, 9.17) is 0 Å². The Hall–Kier alpha value is -0.940. The minimum Gasteiger partial charge on any atom is -0.314 e. The molecule has 3 atom stereocenters. The summed E-state index contributed by atoms with van der Waals surface area (Å²) in [4.78, 5) is 27.3. The number of hydrogen-bond donors (Lipinski definition) is 1. The Kier molecular flexibility index (Phi) is 3.58. The highest BCUT2D eigenvalue weighted by atomic mass is 16.2. The molecular formula is C14H23N3O2. The van der Waals surface area contributed by atoms with Gasteiger partial charge in [0.05, 0.1) is 12.5 Å². The van der Waals surface area contributed by atoms with Crippen LogP contribution < -0.4 is 5.32 Å². The molecule has 0 bridgehead atoms. The molecule has 0 saturated carbocycles. The number of carbonyl (C=O) groups is 2. The van der Waals surface area contributed by atoms with Crippen LogP contribution in [-0.2, 0) is 9.59 Å². The monoisotopic (exact) mass is 265 g/mol. The van der Waals surface area contributed by atoms with Gasteiger partial charge in [-0.2, -0.15) is 0 Å². The summed E-state index contributed by atoms with van der Waals surface area (Å²) in [5.41, 5.74) is 0. The van der Waals surface area contributed by atoms with Crippen LogP contribution >= 0.6 is 0 Å².